The molecule has 0 aliphatic heterocycles. The van der Waals surface area contributed by atoms with Gasteiger partial charge in [-0.2, -0.15) is 4.76 Å². The zero-order chi connectivity index (χ0) is 12.7. The average Bonchev–Trinajstić information content (AvgIpc) is 2.28. The highest BCUT2D eigenvalue weighted by molar-refractivity contribution is 8.09. The van der Waals surface area contributed by atoms with Gasteiger partial charge in [0, 0.05) is 38.2 Å². The van der Waals surface area contributed by atoms with Gasteiger partial charge in [0.1, 0.15) is 0 Å². The molecule has 0 aromatic carbocycles. The molecule has 1 heterocycles. The van der Waals surface area contributed by atoms with Gasteiger partial charge in [-0.3, -0.25) is 0 Å². The Morgan fingerprint density at radius 1 is 1.53 bits per heavy atom. The molecule has 1 aromatic rings. The lowest BCUT2D eigenvalue weighted by Crippen LogP contribution is -2.08. The summed E-state index contributed by atoms with van der Waals surface area (Å²) in [6, 6.07) is 5.36. The fourth-order valence-corrected chi connectivity index (χ4v) is 2.77. The predicted molar refractivity (Wildman–Crippen MR) is 73.0 cm³/mol. The van der Waals surface area contributed by atoms with Crippen molar-refractivity contribution in [3.8, 4) is 5.88 Å². The molecule has 0 fully saturated rings. The van der Waals surface area contributed by atoms with E-state index in [4.69, 9.17) is 20.9 Å². The first-order valence-electron chi connectivity index (χ1n) is 5.13. The minimum absolute atomic E-state index is 0.431. The van der Waals surface area contributed by atoms with E-state index >= 15 is 0 Å². The summed E-state index contributed by atoms with van der Waals surface area (Å²) in [6.07, 6.45) is 3.23. The van der Waals surface area contributed by atoms with Crippen LogP contribution in [0.3, 0.4) is 0 Å². The molecule has 0 aliphatic rings. The van der Waals surface area contributed by atoms with Crippen molar-refractivity contribution in [3.63, 3.8) is 0 Å². The molecule has 0 bridgehead atoms. The Kier molecular flexibility index (Phi) is 5.55. The Bertz CT molecular complexity index is 411. The quantitative estimate of drug-likeness (QED) is 0.452. The largest absolute Gasteiger partial charge is 0.409 e. The Hall–Kier alpha value is -0.970. The summed E-state index contributed by atoms with van der Waals surface area (Å²) in [5.41, 5.74) is 0. The van der Waals surface area contributed by atoms with E-state index in [0.717, 1.165) is 0 Å². The lowest BCUT2D eigenvalue weighted by Gasteiger charge is -2.17. The molecule has 0 radical (unpaired) electrons. The molecule has 0 amide bonds. The second kappa shape index (κ2) is 6.69. The topological polar surface area (TPSA) is 47.0 Å². The SMILES string of the molecule is CCOP(=S)(/N=C/N(C)C)Oc1ccccn1. The lowest BCUT2D eigenvalue weighted by atomic mass is 10.5. The number of aromatic nitrogens is 1. The summed E-state index contributed by atoms with van der Waals surface area (Å²) >= 11 is 5.30. The van der Waals surface area contributed by atoms with Gasteiger partial charge in [-0.15, -0.1) is 0 Å². The molecule has 0 aliphatic carbocycles. The first kappa shape index (κ1) is 14.1. The van der Waals surface area contributed by atoms with Crippen LogP contribution >= 0.6 is 6.64 Å². The summed E-state index contributed by atoms with van der Waals surface area (Å²) < 4.78 is 15.2. The van der Waals surface area contributed by atoms with Crippen LogP contribution in [0.1, 0.15) is 6.92 Å². The minimum atomic E-state index is -2.70. The van der Waals surface area contributed by atoms with Crippen molar-refractivity contribution in [2.75, 3.05) is 20.7 Å². The van der Waals surface area contributed by atoms with Crippen LogP contribution in [0.25, 0.3) is 0 Å². The number of pyridine rings is 1. The van der Waals surface area contributed by atoms with Crippen molar-refractivity contribution in [1.82, 2.24) is 9.88 Å². The van der Waals surface area contributed by atoms with Crippen molar-refractivity contribution < 1.29 is 9.05 Å². The molecule has 7 heteroatoms. The third-order valence-corrected chi connectivity index (χ3v) is 3.77. The summed E-state index contributed by atoms with van der Waals surface area (Å²) in [4.78, 5) is 5.82. The summed E-state index contributed by atoms with van der Waals surface area (Å²) in [5.74, 6) is 0.431. The van der Waals surface area contributed by atoms with Gasteiger partial charge in [0.25, 0.3) is 0 Å². The van der Waals surface area contributed by atoms with E-state index in [1.54, 1.807) is 29.6 Å². The molecule has 94 valence electrons. The molecule has 1 aromatic heterocycles. The van der Waals surface area contributed by atoms with Crippen LogP contribution in [0.4, 0.5) is 0 Å². The standard InChI is InChI=1S/C10H16N3O2PS/c1-4-14-16(17,12-9-13(2)3)15-10-7-5-6-8-11-10/h5-9H,4H2,1-3H3/b12-9+. The van der Waals surface area contributed by atoms with Crippen LogP contribution in [-0.2, 0) is 16.3 Å². The van der Waals surface area contributed by atoms with Gasteiger partial charge in [0.05, 0.1) is 12.9 Å². The fourth-order valence-electron chi connectivity index (χ4n) is 0.932. The maximum atomic E-state index is 5.56. The van der Waals surface area contributed by atoms with Gasteiger partial charge in [-0.05, 0) is 13.0 Å². The smallest absolute Gasteiger partial charge is 0.363 e. The predicted octanol–water partition coefficient (Wildman–Crippen LogP) is 2.31. The van der Waals surface area contributed by atoms with Crippen LogP contribution in [-0.4, -0.2) is 36.9 Å². The average molecular weight is 273 g/mol. The minimum Gasteiger partial charge on any atom is -0.409 e. The Labute approximate surface area is 107 Å². The molecule has 17 heavy (non-hydrogen) atoms. The molecule has 0 spiro atoms. The number of rotatable bonds is 6. The molecule has 0 saturated carbocycles. The van der Waals surface area contributed by atoms with Gasteiger partial charge in [-0.25, -0.2) is 4.98 Å². The highest BCUT2D eigenvalue weighted by atomic mass is 32.5. The molecule has 0 N–H and O–H groups in total. The number of hydrogen-bond acceptors (Lipinski definition) is 4. The van der Waals surface area contributed by atoms with Gasteiger partial charge in [0.15, 0.2) is 0 Å². The van der Waals surface area contributed by atoms with E-state index in [9.17, 15) is 0 Å². The van der Waals surface area contributed by atoms with Crippen molar-refractivity contribution in [2.24, 2.45) is 4.76 Å². The maximum Gasteiger partial charge on any atom is 0.363 e. The van der Waals surface area contributed by atoms with Crippen molar-refractivity contribution in [2.45, 2.75) is 6.92 Å². The lowest BCUT2D eigenvalue weighted by molar-refractivity contribution is 0.329. The Morgan fingerprint density at radius 2 is 2.29 bits per heavy atom. The molecule has 1 rings (SSSR count). The summed E-state index contributed by atoms with van der Waals surface area (Å²) in [6.45, 7) is -0.388. The zero-order valence-corrected chi connectivity index (χ0v) is 11.8. The number of nitrogens with zero attached hydrogens (tertiary/aromatic N) is 3. The Morgan fingerprint density at radius 3 is 2.82 bits per heavy atom. The zero-order valence-electron chi connectivity index (χ0n) is 10.1. The van der Waals surface area contributed by atoms with E-state index in [0.29, 0.717) is 12.5 Å². The molecule has 1 unspecified atom stereocenters. The van der Waals surface area contributed by atoms with Crippen LogP contribution in [0, 0.1) is 0 Å². The van der Waals surface area contributed by atoms with Gasteiger partial charge in [0.2, 0.25) is 5.88 Å². The van der Waals surface area contributed by atoms with Gasteiger partial charge < -0.3 is 13.9 Å². The molecule has 1 atom stereocenters. The Balaban J connectivity index is 2.82. The van der Waals surface area contributed by atoms with Crippen molar-refractivity contribution >= 4 is 24.8 Å². The highest BCUT2D eigenvalue weighted by Gasteiger charge is 2.19. The van der Waals surface area contributed by atoms with Crippen molar-refractivity contribution in [1.29, 1.82) is 0 Å². The van der Waals surface area contributed by atoms with E-state index in [2.05, 4.69) is 9.75 Å². The highest BCUT2D eigenvalue weighted by Crippen LogP contribution is 2.49. The monoisotopic (exact) mass is 273 g/mol. The maximum absolute atomic E-state index is 5.56. The van der Waals surface area contributed by atoms with Gasteiger partial charge >= 0.3 is 6.64 Å². The van der Waals surface area contributed by atoms with Crippen LogP contribution in [0.2, 0.25) is 0 Å². The molecule has 5 nitrogen and oxygen atoms in total. The summed E-state index contributed by atoms with van der Waals surface area (Å²) in [7, 11) is 3.71. The normalized spacial score (nSPS) is 14.5. The van der Waals surface area contributed by atoms with Gasteiger partial charge in [-0.1, -0.05) is 6.07 Å². The summed E-state index contributed by atoms with van der Waals surface area (Å²) in [5, 5.41) is 0. The third kappa shape index (κ3) is 5.26. The number of hydrogen-bond donors (Lipinski definition) is 0. The fraction of sp³-hybridized carbons (Fsp3) is 0.400. The molecular formula is C10H16N3O2PS. The van der Waals surface area contributed by atoms with E-state index in [1.807, 2.05) is 27.1 Å². The van der Waals surface area contributed by atoms with E-state index in [-0.39, 0.29) is 0 Å². The molecule has 0 saturated heterocycles. The van der Waals surface area contributed by atoms with Crippen LogP contribution < -0.4 is 4.52 Å². The first-order valence-corrected chi connectivity index (χ1v) is 7.72. The second-order valence-electron chi connectivity index (χ2n) is 3.34. The van der Waals surface area contributed by atoms with E-state index < -0.39 is 6.64 Å². The van der Waals surface area contributed by atoms with E-state index in [1.165, 1.54) is 0 Å². The third-order valence-electron chi connectivity index (χ3n) is 1.56. The molecular weight excluding hydrogens is 257 g/mol. The second-order valence-corrected chi connectivity index (χ2v) is 6.33. The van der Waals surface area contributed by atoms with Crippen molar-refractivity contribution in [3.05, 3.63) is 24.4 Å². The van der Waals surface area contributed by atoms with Crippen LogP contribution in [0.5, 0.6) is 5.88 Å². The first-order chi connectivity index (χ1) is 8.06. The van der Waals surface area contributed by atoms with Crippen LogP contribution in [0.15, 0.2) is 29.2 Å².